The summed E-state index contributed by atoms with van der Waals surface area (Å²) in [6.45, 7) is 0.553. The predicted octanol–water partition coefficient (Wildman–Crippen LogP) is 2.88. The third-order valence-electron chi connectivity index (χ3n) is 4.11. The van der Waals surface area contributed by atoms with Crippen LogP contribution in [0.3, 0.4) is 0 Å². The molecule has 0 unspecified atom stereocenters. The van der Waals surface area contributed by atoms with E-state index in [1.54, 1.807) is 30.3 Å². The minimum Gasteiger partial charge on any atom is -0.475 e. The molecule has 0 atom stereocenters. The third kappa shape index (κ3) is 13.5. The molecular weight excluding hydrogens is 528 g/mol. The van der Waals surface area contributed by atoms with Gasteiger partial charge in [-0.3, -0.25) is 15.6 Å². The summed E-state index contributed by atoms with van der Waals surface area (Å²) in [5.41, 5.74) is 13.8. The van der Waals surface area contributed by atoms with Crippen LogP contribution in [0, 0.1) is 10.8 Å². The zero-order valence-electron chi connectivity index (χ0n) is 19.3. The highest BCUT2D eigenvalue weighted by atomic mass is 19.4. The van der Waals surface area contributed by atoms with E-state index >= 15 is 0 Å². The number of rotatable bonds is 7. The lowest BCUT2D eigenvalue weighted by Gasteiger charge is -2.07. The van der Waals surface area contributed by atoms with Gasteiger partial charge in [-0.2, -0.15) is 26.3 Å². The zero-order chi connectivity index (χ0) is 29.7. The van der Waals surface area contributed by atoms with Gasteiger partial charge in [-0.15, -0.1) is 0 Å². The molecule has 0 bridgehead atoms. The lowest BCUT2D eigenvalue weighted by molar-refractivity contribution is -0.193. The molecule has 0 aromatic heterocycles. The first-order valence-electron chi connectivity index (χ1n) is 10.1. The number of nitrogen functional groups attached to an aromatic ring is 2. The van der Waals surface area contributed by atoms with Crippen molar-refractivity contribution in [1.29, 1.82) is 10.8 Å². The number of carboxylic acid groups (broad SMARTS) is 2. The standard InChI is InChI=1S/C18H21N5O.2C2HF3O2/c19-16(20)13-6-8-14(9-7-13)18(24)23-10-2-4-12-3-1-5-15(11-12)17(21)22;2*3-2(4,5)1(6)7/h1,3,5-9,11H,2,4,10H2,(H3,19,20)(H3,21,22)(H,23,24);2*(H,6,7). The first-order valence-corrected chi connectivity index (χ1v) is 10.1. The van der Waals surface area contributed by atoms with Crippen LogP contribution in [0.15, 0.2) is 48.5 Å². The summed E-state index contributed by atoms with van der Waals surface area (Å²) in [5, 5.41) is 31.9. The molecule has 2 aromatic rings. The third-order valence-corrected chi connectivity index (χ3v) is 4.11. The number of amidine groups is 2. The van der Waals surface area contributed by atoms with Crippen LogP contribution in [0.2, 0.25) is 0 Å². The van der Waals surface area contributed by atoms with Gasteiger partial charge in [-0.1, -0.05) is 30.3 Å². The van der Waals surface area contributed by atoms with E-state index in [9.17, 15) is 31.1 Å². The molecule has 0 heterocycles. The monoisotopic (exact) mass is 551 g/mol. The Kier molecular flexibility index (Phi) is 13.0. The summed E-state index contributed by atoms with van der Waals surface area (Å²) in [5.74, 6) is -5.63. The molecule has 10 nitrogen and oxygen atoms in total. The summed E-state index contributed by atoms with van der Waals surface area (Å²) in [6.07, 6.45) is -8.58. The normalized spacial score (nSPS) is 10.6. The van der Waals surface area contributed by atoms with Gasteiger partial charge in [0.25, 0.3) is 5.91 Å². The Bertz CT molecular complexity index is 1110. The fourth-order valence-electron chi connectivity index (χ4n) is 2.29. The maximum atomic E-state index is 12.0. The lowest BCUT2D eigenvalue weighted by atomic mass is 10.1. The van der Waals surface area contributed by atoms with Gasteiger partial charge >= 0.3 is 24.3 Å². The molecule has 0 saturated carbocycles. The Labute approximate surface area is 211 Å². The molecule has 208 valence electrons. The lowest BCUT2D eigenvalue weighted by Crippen LogP contribution is -2.25. The molecule has 0 aliphatic rings. The molecule has 9 N–H and O–H groups in total. The van der Waals surface area contributed by atoms with Gasteiger partial charge in [0.1, 0.15) is 11.7 Å². The van der Waals surface area contributed by atoms with Gasteiger partial charge in [-0.25, -0.2) is 9.59 Å². The molecule has 0 fully saturated rings. The predicted molar refractivity (Wildman–Crippen MR) is 123 cm³/mol. The molecular formula is C22H23F6N5O5. The quantitative estimate of drug-likeness (QED) is 0.119. The highest BCUT2D eigenvalue weighted by Gasteiger charge is 2.38. The van der Waals surface area contributed by atoms with Gasteiger partial charge in [0, 0.05) is 23.2 Å². The number of carbonyl (C=O) groups is 3. The van der Waals surface area contributed by atoms with E-state index in [2.05, 4.69) is 5.32 Å². The molecule has 0 aliphatic carbocycles. The second-order valence-corrected chi connectivity index (χ2v) is 7.07. The fraction of sp³-hybridized carbons (Fsp3) is 0.227. The van der Waals surface area contributed by atoms with Crippen molar-refractivity contribution in [2.45, 2.75) is 25.2 Å². The Morgan fingerprint density at radius 2 is 1.18 bits per heavy atom. The van der Waals surface area contributed by atoms with E-state index in [0.29, 0.717) is 23.2 Å². The average Bonchev–Trinajstić information content (AvgIpc) is 2.81. The van der Waals surface area contributed by atoms with Crippen LogP contribution < -0.4 is 16.8 Å². The number of carboxylic acids is 2. The number of carbonyl (C=O) groups excluding carboxylic acids is 1. The number of alkyl halides is 6. The molecule has 38 heavy (non-hydrogen) atoms. The second kappa shape index (κ2) is 14.8. The highest BCUT2D eigenvalue weighted by Crippen LogP contribution is 2.13. The van der Waals surface area contributed by atoms with E-state index in [4.69, 9.17) is 42.1 Å². The van der Waals surface area contributed by atoms with Gasteiger partial charge in [0.05, 0.1) is 0 Å². The molecule has 0 radical (unpaired) electrons. The van der Waals surface area contributed by atoms with Crippen LogP contribution in [0.5, 0.6) is 0 Å². The fourth-order valence-corrected chi connectivity index (χ4v) is 2.29. The molecule has 2 aromatic carbocycles. The van der Waals surface area contributed by atoms with Crippen LogP contribution in [0.1, 0.15) is 33.5 Å². The van der Waals surface area contributed by atoms with Crippen molar-refractivity contribution in [1.82, 2.24) is 5.32 Å². The van der Waals surface area contributed by atoms with Crippen molar-refractivity contribution in [2.75, 3.05) is 6.54 Å². The minimum atomic E-state index is -5.08. The number of aliphatic carboxylic acids is 2. The van der Waals surface area contributed by atoms with Crippen LogP contribution in [0.4, 0.5) is 26.3 Å². The highest BCUT2D eigenvalue weighted by molar-refractivity contribution is 5.98. The minimum absolute atomic E-state index is 0.0188. The largest absolute Gasteiger partial charge is 0.490 e. The Morgan fingerprint density at radius 3 is 1.58 bits per heavy atom. The molecule has 16 heteroatoms. The summed E-state index contributed by atoms with van der Waals surface area (Å²) in [4.78, 5) is 29.8. The van der Waals surface area contributed by atoms with E-state index in [1.165, 1.54) is 0 Å². The Hall–Kier alpha value is -4.63. The van der Waals surface area contributed by atoms with Crippen LogP contribution >= 0.6 is 0 Å². The van der Waals surface area contributed by atoms with Crippen molar-refractivity contribution in [2.24, 2.45) is 11.5 Å². The van der Waals surface area contributed by atoms with Gasteiger partial charge in [-0.05, 0) is 36.6 Å². The van der Waals surface area contributed by atoms with Gasteiger partial charge in [0.15, 0.2) is 0 Å². The van der Waals surface area contributed by atoms with E-state index in [0.717, 1.165) is 18.4 Å². The zero-order valence-corrected chi connectivity index (χ0v) is 19.3. The van der Waals surface area contributed by atoms with E-state index < -0.39 is 24.3 Å². The maximum absolute atomic E-state index is 12.0. The van der Waals surface area contributed by atoms with Crippen LogP contribution in [0.25, 0.3) is 0 Å². The van der Waals surface area contributed by atoms with Crippen molar-refractivity contribution < 1.29 is 50.9 Å². The first kappa shape index (κ1) is 33.4. The first-order chi connectivity index (χ1) is 17.4. The molecule has 2 rings (SSSR count). The summed E-state index contributed by atoms with van der Waals surface area (Å²) in [6, 6.07) is 14.2. The van der Waals surface area contributed by atoms with Gasteiger partial charge in [0.2, 0.25) is 0 Å². The molecule has 0 saturated heterocycles. The van der Waals surface area contributed by atoms with Crippen molar-refractivity contribution >= 4 is 29.5 Å². The number of benzene rings is 2. The van der Waals surface area contributed by atoms with Crippen LogP contribution in [-0.4, -0.2) is 58.6 Å². The number of nitrogens with one attached hydrogen (secondary N) is 3. The van der Waals surface area contributed by atoms with Gasteiger partial charge < -0.3 is 27.0 Å². The molecule has 0 spiro atoms. The average molecular weight is 551 g/mol. The number of hydrogen-bond donors (Lipinski definition) is 7. The van der Waals surface area contributed by atoms with Crippen molar-refractivity contribution in [3.05, 3.63) is 70.8 Å². The molecule has 1 amide bonds. The molecule has 0 aliphatic heterocycles. The summed E-state index contributed by atoms with van der Waals surface area (Å²) < 4.78 is 63.5. The maximum Gasteiger partial charge on any atom is 0.490 e. The Morgan fingerprint density at radius 1 is 0.763 bits per heavy atom. The number of halogens is 6. The van der Waals surface area contributed by atoms with E-state index in [1.807, 2.05) is 18.2 Å². The number of aryl methyl sites for hydroxylation is 1. The SMILES string of the molecule is N=C(N)c1ccc(C(=O)NCCCc2cccc(C(=N)N)c2)cc1.O=C(O)C(F)(F)F.O=C(O)C(F)(F)F. The number of nitrogens with two attached hydrogens (primary N) is 2. The van der Waals surface area contributed by atoms with Crippen molar-refractivity contribution in [3.8, 4) is 0 Å². The smallest absolute Gasteiger partial charge is 0.475 e. The Balaban J connectivity index is 0.000000804. The number of hydrogen-bond acceptors (Lipinski definition) is 5. The summed E-state index contributed by atoms with van der Waals surface area (Å²) in [7, 11) is 0. The van der Waals surface area contributed by atoms with E-state index in [-0.39, 0.29) is 17.6 Å². The van der Waals surface area contributed by atoms with Crippen molar-refractivity contribution in [3.63, 3.8) is 0 Å². The topological polar surface area (TPSA) is 203 Å². The second-order valence-electron chi connectivity index (χ2n) is 7.07. The number of amides is 1. The summed E-state index contributed by atoms with van der Waals surface area (Å²) >= 11 is 0. The van der Waals surface area contributed by atoms with Crippen LogP contribution in [-0.2, 0) is 16.0 Å².